The molecular formula is C23H22FN5. The Bertz CT molecular complexity index is 1120. The average molecular weight is 387 g/mol. The van der Waals surface area contributed by atoms with Gasteiger partial charge in [-0.25, -0.2) is 14.4 Å². The second-order valence-electron chi connectivity index (χ2n) is 7.94. The number of allylic oxidation sites excluding steroid dienone is 3. The van der Waals surface area contributed by atoms with Gasteiger partial charge in [-0.3, -0.25) is 10.4 Å². The van der Waals surface area contributed by atoms with Crippen LogP contribution in [0, 0.1) is 22.7 Å². The Kier molecular flexibility index (Phi) is 4.54. The lowest BCUT2D eigenvalue weighted by Crippen LogP contribution is -2.61. The smallest absolute Gasteiger partial charge is 0.129 e. The molecule has 2 atom stereocenters. The zero-order valence-electron chi connectivity index (χ0n) is 16.7. The van der Waals surface area contributed by atoms with Crippen LogP contribution in [0.3, 0.4) is 0 Å². The number of amidine groups is 1. The Labute approximate surface area is 169 Å². The molecule has 2 aromatic rings. The van der Waals surface area contributed by atoms with Gasteiger partial charge in [0.2, 0.25) is 0 Å². The molecule has 4 rings (SSSR count). The molecule has 0 bridgehead atoms. The number of fused-ring (bicyclic) bond motifs is 1. The minimum Gasteiger partial charge on any atom is -0.363 e. The van der Waals surface area contributed by atoms with E-state index in [2.05, 4.69) is 32.1 Å². The third kappa shape index (κ3) is 3.13. The van der Waals surface area contributed by atoms with Crippen LogP contribution in [-0.2, 0) is 6.42 Å². The van der Waals surface area contributed by atoms with Crippen molar-refractivity contribution in [2.45, 2.75) is 39.2 Å². The maximum atomic E-state index is 15.3. The van der Waals surface area contributed by atoms with Crippen LogP contribution in [0.15, 0.2) is 49.0 Å². The summed E-state index contributed by atoms with van der Waals surface area (Å²) in [6.07, 6.45) is 10.9. The first-order valence-electron chi connectivity index (χ1n) is 9.47. The number of pyridine rings is 1. The maximum Gasteiger partial charge on any atom is 0.129 e. The van der Waals surface area contributed by atoms with Gasteiger partial charge in [0.1, 0.15) is 18.0 Å². The van der Waals surface area contributed by atoms with Crippen LogP contribution in [0.25, 0.3) is 5.57 Å². The molecule has 146 valence electrons. The number of aromatic nitrogens is 3. The first kappa shape index (κ1) is 19.0. The molecule has 0 amide bonds. The van der Waals surface area contributed by atoms with E-state index in [1.807, 2.05) is 26.0 Å². The first-order chi connectivity index (χ1) is 13.9. The zero-order valence-corrected chi connectivity index (χ0v) is 16.7. The molecule has 2 aliphatic rings. The third-order valence-corrected chi connectivity index (χ3v) is 6.08. The topological polar surface area (TPSA) is 74.5 Å². The van der Waals surface area contributed by atoms with E-state index in [1.165, 1.54) is 12.4 Å². The normalized spacial score (nSPS) is 25.7. The Morgan fingerprint density at radius 2 is 1.97 bits per heavy atom. The summed E-state index contributed by atoms with van der Waals surface area (Å²) in [5, 5.41) is 11.7. The highest BCUT2D eigenvalue weighted by Crippen LogP contribution is 2.50. The molecule has 3 heterocycles. The molecule has 1 unspecified atom stereocenters. The average Bonchev–Trinajstić information content (AvgIpc) is 2.70. The molecular weight excluding hydrogens is 365 g/mol. The molecule has 0 spiro atoms. The van der Waals surface area contributed by atoms with Crippen LogP contribution >= 0.6 is 0 Å². The minimum absolute atomic E-state index is 0.209. The van der Waals surface area contributed by atoms with Crippen molar-refractivity contribution in [3.8, 4) is 11.8 Å². The monoisotopic (exact) mass is 387 g/mol. The van der Waals surface area contributed by atoms with E-state index in [4.69, 9.17) is 5.41 Å². The predicted molar refractivity (Wildman–Crippen MR) is 111 cm³/mol. The van der Waals surface area contributed by atoms with Gasteiger partial charge in [-0.05, 0) is 43.5 Å². The van der Waals surface area contributed by atoms with Crippen molar-refractivity contribution in [2.75, 3.05) is 0 Å². The molecule has 2 N–H and O–H groups in total. The van der Waals surface area contributed by atoms with E-state index in [9.17, 15) is 0 Å². The molecule has 2 aromatic heterocycles. The van der Waals surface area contributed by atoms with Crippen LogP contribution in [0.4, 0.5) is 4.39 Å². The summed E-state index contributed by atoms with van der Waals surface area (Å²) in [6, 6.07) is 1.98. The fourth-order valence-electron chi connectivity index (χ4n) is 4.13. The van der Waals surface area contributed by atoms with Crippen molar-refractivity contribution in [1.82, 2.24) is 20.3 Å². The fraction of sp³-hybridized carbons (Fsp3) is 0.304. The van der Waals surface area contributed by atoms with Gasteiger partial charge in [0, 0.05) is 36.0 Å². The molecule has 6 heteroatoms. The van der Waals surface area contributed by atoms with Crippen molar-refractivity contribution < 1.29 is 4.39 Å². The molecule has 0 saturated heterocycles. The van der Waals surface area contributed by atoms with Gasteiger partial charge < -0.3 is 5.32 Å². The Hall–Kier alpha value is -3.33. The standard InChI is InChI=1S/C23H22FN5/c1-4-5-15-8-17(12-26-11-15)16-6-7-20(24)22(2,9-16)23(3)10-19-18(21(25)29-23)13-27-14-28-19/h6-8,11-14H,9-10H2,1-3H3,(H2,25,29)/t22?,23-/m0/s1. The van der Waals surface area contributed by atoms with Gasteiger partial charge >= 0.3 is 0 Å². The second-order valence-corrected chi connectivity index (χ2v) is 7.94. The molecule has 1 aliphatic heterocycles. The predicted octanol–water partition coefficient (Wildman–Crippen LogP) is 3.82. The lowest BCUT2D eigenvalue weighted by atomic mass is 9.62. The van der Waals surface area contributed by atoms with E-state index in [1.54, 1.807) is 25.5 Å². The molecule has 5 nitrogen and oxygen atoms in total. The van der Waals surface area contributed by atoms with Gasteiger partial charge in [-0.2, -0.15) is 0 Å². The molecule has 29 heavy (non-hydrogen) atoms. The summed E-state index contributed by atoms with van der Waals surface area (Å²) in [7, 11) is 0. The summed E-state index contributed by atoms with van der Waals surface area (Å²) >= 11 is 0. The summed E-state index contributed by atoms with van der Waals surface area (Å²) < 4.78 is 15.3. The molecule has 0 aromatic carbocycles. The van der Waals surface area contributed by atoms with Crippen LogP contribution in [0.5, 0.6) is 0 Å². The van der Waals surface area contributed by atoms with Crippen LogP contribution < -0.4 is 5.32 Å². The number of nitrogens with zero attached hydrogens (tertiary/aromatic N) is 3. The Morgan fingerprint density at radius 1 is 1.14 bits per heavy atom. The van der Waals surface area contributed by atoms with E-state index in [-0.39, 0.29) is 11.7 Å². The van der Waals surface area contributed by atoms with Gasteiger partial charge in [0.15, 0.2) is 0 Å². The number of nitrogens with one attached hydrogen (secondary N) is 2. The number of halogens is 1. The van der Waals surface area contributed by atoms with Crippen LogP contribution in [0.1, 0.15) is 49.6 Å². The number of hydrogen-bond acceptors (Lipinski definition) is 4. The third-order valence-electron chi connectivity index (χ3n) is 6.08. The summed E-state index contributed by atoms with van der Waals surface area (Å²) in [5.41, 5.74) is 2.59. The summed E-state index contributed by atoms with van der Waals surface area (Å²) in [4.78, 5) is 12.7. The Morgan fingerprint density at radius 3 is 2.76 bits per heavy atom. The van der Waals surface area contributed by atoms with Crippen molar-refractivity contribution in [3.63, 3.8) is 0 Å². The molecule has 1 aliphatic carbocycles. The fourth-order valence-corrected chi connectivity index (χ4v) is 4.13. The highest BCUT2D eigenvalue weighted by Gasteiger charge is 2.52. The molecule has 0 radical (unpaired) electrons. The number of rotatable bonds is 2. The lowest BCUT2D eigenvalue weighted by molar-refractivity contribution is 0.145. The van der Waals surface area contributed by atoms with Crippen molar-refractivity contribution >= 4 is 11.4 Å². The largest absolute Gasteiger partial charge is 0.363 e. The van der Waals surface area contributed by atoms with Crippen molar-refractivity contribution in [3.05, 3.63) is 71.3 Å². The van der Waals surface area contributed by atoms with Gasteiger partial charge in [-0.1, -0.05) is 18.9 Å². The van der Waals surface area contributed by atoms with E-state index in [0.717, 1.165) is 22.4 Å². The SMILES string of the molecule is CC#Cc1cncc(C2=CC=C(F)C(C)([C@]3(C)Cc4ncncc4C(=N)N3)C2)c1. The Balaban J connectivity index is 1.72. The summed E-state index contributed by atoms with van der Waals surface area (Å²) in [5.74, 6) is 5.92. The minimum atomic E-state index is -0.863. The first-order valence-corrected chi connectivity index (χ1v) is 9.47. The van der Waals surface area contributed by atoms with Crippen molar-refractivity contribution in [1.29, 1.82) is 5.41 Å². The zero-order chi connectivity index (χ0) is 20.6. The van der Waals surface area contributed by atoms with E-state index < -0.39 is 11.0 Å². The van der Waals surface area contributed by atoms with Gasteiger partial charge in [0.25, 0.3) is 0 Å². The highest BCUT2D eigenvalue weighted by molar-refractivity contribution is 5.98. The van der Waals surface area contributed by atoms with Crippen LogP contribution in [0.2, 0.25) is 0 Å². The summed E-state index contributed by atoms with van der Waals surface area (Å²) in [6.45, 7) is 5.65. The van der Waals surface area contributed by atoms with Gasteiger partial charge in [-0.15, -0.1) is 5.92 Å². The number of hydrogen-bond donors (Lipinski definition) is 2. The van der Waals surface area contributed by atoms with Gasteiger partial charge in [0.05, 0.1) is 16.8 Å². The highest BCUT2D eigenvalue weighted by atomic mass is 19.1. The quantitative estimate of drug-likeness (QED) is 0.769. The van der Waals surface area contributed by atoms with Crippen LogP contribution in [-0.4, -0.2) is 26.3 Å². The van der Waals surface area contributed by atoms with E-state index >= 15 is 4.39 Å². The second kappa shape index (κ2) is 6.93. The molecule has 0 fully saturated rings. The lowest BCUT2D eigenvalue weighted by Gasteiger charge is -2.50. The molecule has 0 saturated carbocycles. The van der Waals surface area contributed by atoms with Crippen molar-refractivity contribution in [2.24, 2.45) is 5.41 Å². The maximum absolute atomic E-state index is 15.3. The van der Waals surface area contributed by atoms with E-state index in [0.29, 0.717) is 18.4 Å².